The number of carbonyl (C=O) groups excluding carboxylic acids is 1. The van der Waals surface area contributed by atoms with Gasteiger partial charge in [-0.25, -0.2) is 0 Å². The fraction of sp³-hybridized carbons (Fsp3) is 0.417. The number of nitrogens with one attached hydrogen (secondary N) is 1. The van der Waals surface area contributed by atoms with E-state index in [1.165, 1.54) is 6.07 Å². The topological polar surface area (TPSA) is 72.2 Å². The lowest BCUT2D eigenvalue weighted by Crippen LogP contribution is -2.02. The standard InChI is InChI=1S/C12H16N2O3/c1-3-4-5-12(15)9-6-7-10(13-2)11(8-9)14(16)17/h6-8,13H,3-5H2,1-2H3. The first-order valence-electron chi connectivity index (χ1n) is 5.59. The quantitative estimate of drug-likeness (QED) is 0.468. The number of hydrogen-bond donors (Lipinski definition) is 1. The average molecular weight is 236 g/mol. The molecular formula is C12H16N2O3. The zero-order chi connectivity index (χ0) is 12.8. The van der Waals surface area contributed by atoms with Crippen molar-refractivity contribution in [3.05, 3.63) is 33.9 Å². The van der Waals surface area contributed by atoms with Gasteiger partial charge in [0.25, 0.3) is 5.69 Å². The van der Waals surface area contributed by atoms with Gasteiger partial charge in [-0.15, -0.1) is 0 Å². The fourth-order valence-electron chi connectivity index (χ4n) is 1.55. The van der Waals surface area contributed by atoms with Crippen molar-refractivity contribution in [2.45, 2.75) is 26.2 Å². The lowest BCUT2D eigenvalue weighted by molar-refractivity contribution is -0.384. The number of Topliss-reactive ketones (excluding diaryl/α,β-unsaturated/α-hetero) is 1. The minimum Gasteiger partial charge on any atom is -0.383 e. The second-order valence-electron chi connectivity index (χ2n) is 3.77. The highest BCUT2D eigenvalue weighted by molar-refractivity contribution is 5.97. The molecule has 0 unspecified atom stereocenters. The van der Waals surface area contributed by atoms with Gasteiger partial charge in [-0.2, -0.15) is 0 Å². The molecule has 0 aromatic heterocycles. The zero-order valence-corrected chi connectivity index (χ0v) is 10.0. The maximum Gasteiger partial charge on any atom is 0.293 e. The number of rotatable bonds is 6. The van der Waals surface area contributed by atoms with E-state index in [1.54, 1.807) is 19.2 Å². The van der Waals surface area contributed by atoms with E-state index >= 15 is 0 Å². The van der Waals surface area contributed by atoms with Gasteiger partial charge in [0, 0.05) is 25.1 Å². The van der Waals surface area contributed by atoms with Gasteiger partial charge in [-0.3, -0.25) is 14.9 Å². The molecule has 1 aromatic carbocycles. The number of benzene rings is 1. The van der Waals surface area contributed by atoms with E-state index in [9.17, 15) is 14.9 Å². The zero-order valence-electron chi connectivity index (χ0n) is 10.0. The molecule has 92 valence electrons. The predicted octanol–water partition coefficient (Wildman–Crippen LogP) is 3.01. The molecule has 0 spiro atoms. The molecule has 0 radical (unpaired) electrons. The summed E-state index contributed by atoms with van der Waals surface area (Å²) < 4.78 is 0. The summed E-state index contributed by atoms with van der Waals surface area (Å²) in [5.41, 5.74) is 0.765. The first-order valence-corrected chi connectivity index (χ1v) is 5.59. The lowest BCUT2D eigenvalue weighted by atomic mass is 10.0. The SMILES string of the molecule is CCCCC(=O)c1ccc(NC)c([N+](=O)[O-])c1. The third-order valence-corrected chi connectivity index (χ3v) is 2.54. The molecule has 0 aliphatic carbocycles. The summed E-state index contributed by atoms with van der Waals surface area (Å²) in [5.74, 6) is -0.0439. The maximum absolute atomic E-state index is 11.7. The Morgan fingerprint density at radius 3 is 2.71 bits per heavy atom. The van der Waals surface area contributed by atoms with Crippen LogP contribution in [0.4, 0.5) is 11.4 Å². The molecule has 1 N–H and O–H groups in total. The first-order chi connectivity index (χ1) is 8.10. The smallest absolute Gasteiger partial charge is 0.293 e. The molecule has 5 nitrogen and oxygen atoms in total. The van der Waals surface area contributed by atoms with Crippen molar-refractivity contribution in [3.8, 4) is 0 Å². The summed E-state index contributed by atoms with van der Waals surface area (Å²) in [6.07, 6.45) is 2.18. The number of nitro benzene ring substituents is 1. The number of ketones is 1. The number of carbonyl (C=O) groups is 1. The van der Waals surface area contributed by atoms with E-state index < -0.39 is 4.92 Å². The number of anilines is 1. The van der Waals surface area contributed by atoms with E-state index in [2.05, 4.69) is 5.32 Å². The van der Waals surface area contributed by atoms with E-state index in [4.69, 9.17) is 0 Å². The van der Waals surface area contributed by atoms with Gasteiger partial charge in [0.1, 0.15) is 5.69 Å². The molecule has 0 aliphatic rings. The van der Waals surface area contributed by atoms with Gasteiger partial charge >= 0.3 is 0 Å². The van der Waals surface area contributed by atoms with Crippen molar-refractivity contribution in [2.75, 3.05) is 12.4 Å². The molecule has 0 aliphatic heterocycles. The van der Waals surface area contributed by atoms with Gasteiger partial charge < -0.3 is 5.32 Å². The average Bonchev–Trinajstić information content (AvgIpc) is 2.34. The molecular weight excluding hydrogens is 220 g/mol. The number of unbranched alkanes of at least 4 members (excludes halogenated alkanes) is 1. The third-order valence-electron chi connectivity index (χ3n) is 2.54. The van der Waals surface area contributed by atoms with Crippen LogP contribution in [0.15, 0.2) is 18.2 Å². The summed E-state index contributed by atoms with van der Waals surface area (Å²) in [4.78, 5) is 22.1. The van der Waals surface area contributed by atoms with Crippen LogP contribution < -0.4 is 5.32 Å². The highest BCUT2D eigenvalue weighted by atomic mass is 16.6. The van der Waals surface area contributed by atoms with Crippen LogP contribution in [0.25, 0.3) is 0 Å². The second-order valence-corrected chi connectivity index (χ2v) is 3.77. The van der Waals surface area contributed by atoms with Crippen LogP contribution in [-0.2, 0) is 0 Å². The van der Waals surface area contributed by atoms with E-state index in [-0.39, 0.29) is 11.5 Å². The van der Waals surface area contributed by atoms with Gasteiger partial charge in [0.15, 0.2) is 5.78 Å². The van der Waals surface area contributed by atoms with Crippen LogP contribution in [0.5, 0.6) is 0 Å². The number of nitrogens with zero attached hydrogens (tertiary/aromatic N) is 1. The lowest BCUT2D eigenvalue weighted by Gasteiger charge is -2.04. The summed E-state index contributed by atoms with van der Waals surface area (Å²) >= 11 is 0. The van der Waals surface area contributed by atoms with Crippen molar-refractivity contribution in [1.29, 1.82) is 0 Å². The highest BCUT2D eigenvalue weighted by Crippen LogP contribution is 2.25. The molecule has 0 bridgehead atoms. The number of hydrogen-bond acceptors (Lipinski definition) is 4. The Kier molecular flexibility index (Phi) is 4.63. The Labute approximate surface area is 100.0 Å². The van der Waals surface area contributed by atoms with E-state index in [1.807, 2.05) is 6.92 Å². The van der Waals surface area contributed by atoms with Crippen LogP contribution in [0.1, 0.15) is 36.5 Å². The molecule has 1 aromatic rings. The van der Waals surface area contributed by atoms with Crippen molar-refractivity contribution in [3.63, 3.8) is 0 Å². The van der Waals surface area contributed by atoms with Crippen LogP contribution in [0, 0.1) is 10.1 Å². The fourth-order valence-corrected chi connectivity index (χ4v) is 1.55. The molecule has 0 atom stereocenters. The maximum atomic E-state index is 11.7. The number of nitro groups is 1. The van der Waals surface area contributed by atoms with Crippen LogP contribution >= 0.6 is 0 Å². The van der Waals surface area contributed by atoms with Crippen molar-refractivity contribution in [1.82, 2.24) is 0 Å². The van der Waals surface area contributed by atoms with Crippen molar-refractivity contribution < 1.29 is 9.72 Å². The molecule has 0 fully saturated rings. The summed E-state index contributed by atoms with van der Waals surface area (Å²) in [5, 5.41) is 13.6. The molecule has 0 heterocycles. The minimum atomic E-state index is -0.484. The molecule has 0 saturated carbocycles. The van der Waals surface area contributed by atoms with E-state index in [0.29, 0.717) is 17.7 Å². The Balaban J connectivity index is 2.99. The highest BCUT2D eigenvalue weighted by Gasteiger charge is 2.16. The summed E-state index contributed by atoms with van der Waals surface area (Å²) in [6, 6.07) is 4.53. The molecule has 17 heavy (non-hydrogen) atoms. The Hall–Kier alpha value is -1.91. The van der Waals surface area contributed by atoms with Crippen molar-refractivity contribution >= 4 is 17.2 Å². The Bertz CT molecular complexity index is 430. The second kappa shape index (κ2) is 5.98. The van der Waals surface area contributed by atoms with Gasteiger partial charge in [-0.1, -0.05) is 13.3 Å². The van der Waals surface area contributed by atoms with Gasteiger partial charge in [0.2, 0.25) is 0 Å². The summed E-state index contributed by atoms with van der Waals surface area (Å²) in [7, 11) is 1.61. The van der Waals surface area contributed by atoms with E-state index in [0.717, 1.165) is 12.8 Å². The van der Waals surface area contributed by atoms with Gasteiger partial charge in [0.05, 0.1) is 4.92 Å². The molecule has 0 amide bonds. The summed E-state index contributed by atoms with van der Waals surface area (Å²) in [6.45, 7) is 2.00. The monoisotopic (exact) mass is 236 g/mol. The predicted molar refractivity (Wildman–Crippen MR) is 66.5 cm³/mol. The van der Waals surface area contributed by atoms with Crippen LogP contribution in [0.2, 0.25) is 0 Å². The first kappa shape index (κ1) is 13.2. The Morgan fingerprint density at radius 1 is 1.47 bits per heavy atom. The molecule has 5 heteroatoms. The normalized spacial score (nSPS) is 10.0. The molecule has 0 saturated heterocycles. The van der Waals surface area contributed by atoms with Gasteiger partial charge in [-0.05, 0) is 18.6 Å². The molecule has 1 rings (SSSR count). The minimum absolute atomic E-state index is 0.0439. The third kappa shape index (κ3) is 3.27. The van der Waals surface area contributed by atoms with Crippen LogP contribution in [-0.4, -0.2) is 17.8 Å². The van der Waals surface area contributed by atoms with Crippen molar-refractivity contribution in [2.24, 2.45) is 0 Å². The Morgan fingerprint density at radius 2 is 2.18 bits per heavy atom. The largest absolute Gasteiger partial charge is 0.383 e. The van der Waals surface area contributed by atoms with Crippen LogP contribution in [0.3, 0.4) is 0 Å².